The first-order valence-electron chi connectivity index (χ1n) is 10.9. The summed E-state index contributed by atoms with van der Waals surface area (Å²) in [5.74, 6) is -0.698. The molecule has 0 aromatic rings. The number of aliphatic carboxylic acids is 1. The van der Waals surface area contributed by atoms with Gasteiger partial charge in [-0.15, -0.1) is 0 Å². The Balaban J connectivity index is 3.26. The first-order chi connectivity index (χ1) is 11.7. The number of hydrogen-bond acceptors (Lipinski definition) is 1. The molecule has 0 saturated heterocycles. The number of carbonyl (C=O) groups is 1. The maximum Gasteiger partial charge on any atom is 0.303 e. The summed E-state index contributed by atoms with van der Waals surface area (Å²) in [4.78, 5) is 10.4. The molecule has 20 heavy (non-hydrogen) atoms. The van der Waals surface area contributed by atoms with E-state index < -0.39 is 19.2 Å². The smallest absolute Gasteiger partial charge is 0.303 e. The van der Waals surface area contributed by atoms with Crippen molar-refractivity contribution in [1.82, 2.24) is 0 Å². The fourth-order valence-corrected chi connectivity index (χ4v) is 2.43. The molecule has 2 heteroatoms. The summed E-state index contributed by atoms with van der Waals surface area (Å²) in [6, 6.07) is 0. The minimum Gasteiger partial charge on any atom is -0.481 e. The van der Waals surface area contributed by atoms with Crippen molar-refractivity contribution in [3.05, 3.63) is 0 Å². The highest BCUT2D eigenvalue weighted by atomic mass is 16.4. The van der Waals surface area contributed by atoms with E-state index in [2.05, 4.69) is 0 Å². The summed E-state index contributed by atoms with van der Waals surface area (Å²) < 4.78 is 36.6. The molecule has 0 aliphatic rings. The van der Waals surface area contributed by atoms with Crippen LogP contribution in [0, 0.1) is 0 Å². The van der Waals surface area contributed by atoms with Crippen molar-refractivity contribution in [2.45, 2.75) is 110 Å². The first kappa shape index (κ1) is 12.1. The van der Waals surface area contributed by atoms with Crippen molar-refractivity contribution in [2.24, 2.45) is 0 Å². The number of carboxylic acid groups (broad SMARTS) is 1. The van der Waals surface area contributed by atoms with Crippen LogP contribution in [-0.4, -0.2) is 11.1 Å². The van der Waals surface area contributed by atoms with Gasteiger partial charge in [0.25, 0.3) is 0 Å². The lowest BCUT2D eigenvalue weighted by Gasteiger charge is -2.03. The molecule has 0 aliphatic carbocycles. The molecule has 1 N–H and O–H groups in total. The van der Waals surface area contributed by atoms with Gasteiger partial charge in [-0.1, -0.05) is 96.7 Å². The Morgan fingerprint density at radius 2 is 1.10 bits per heavy atom. The van der Waals surface area contributed by atoms with E-state index in [1.165, 1.54) is 38.5 Å². The van der Waals surface area contributed by atoms with Crippen molar-refractivity contribution >= 4 is 5.97 Å². The Hall–Kier alpha value is -0.530. The van der Waals surface area contributed by atoms with E-state index in [9.17, 15) is 4.79 Å². The van der Waals surface area contributed by atoms with Gasteiger partial charge in [0.05, 0.1) is 0 Å². The molecule has 0 rings (SSSR count). The predicted octanol–water partition coefficient (Wildman–Crippen LogP) is 6.33. The monoisotopic (exact) mass is 289 g/mol. The SMILES string of the molecule is [2H]C([2H])([2H])C([2H])([2H])CCCCCCCCCCCCCCCC(=O)O. The number of carboxylic acids is 1. The molecule has 0 bridgehead atoms. The van der Waals surface area contributed by atoms with Crippen LogP contribution >= 0.6 is 0 Å². The van der Waals surface area contributed by atoms with Crippen molar-refractivity contribution in [2.75, 3.05) is 0 Å². The molecule has 120 valence electrons. The van der Waals surface area contributed by atoms with Crippen molar-refractivity contribution in [3.63, 3.8) is 0 Å². The van der Waals surface area contributed by atoms with E-state index in [0.29, 0.717) is 12.8 Å². The van der Waals surface area contributed by atoms with Crippen molar-refractivity contribution in [3.8, 4) is 0 Å². The van der Waals surface area contributed by atoms with Gasteiger partial charge in [0.15, 0.2) is 0 Å². The van der Waals surface area contributed by atoms with Gasteiger partial charge in [-0.05, 0) is 6.42 Å². The van der Waals surface area contributed by atoms with E-state index in [0.717, 1.165) is 38.5 Å². The highest BCUT2D eigenvalue weighted by Crippen LogP contribution is 2.13. The van der Waals surface area contributed by atoms with E-state index in [1.54, 1.807) is 0 Å². The zero-order chi connectivity index (χ0) is 19.2. The van der Waals surface area contributed by atoms with E-state index >= 15 is 0 Å². The van der Waals surface area contributed by atoms with Gasteiger partial charge in [-0.2, -0.15) is 0 Å². The third-order valence-corrected chi connectivity index (χ3v) is 3.69. The molecule has 2 nitrogen and oxygen atoms in total. The Kier molecular flexibility index (Phi) is 9.96. The molecule has 0 radical (unpaired) electrons. The first-order valence-corrected chi connectivity index (χ1v) is 8.38. The highest BCUT2D eigenvalue weighted by Gasteiger charge is 1.97. The van der Waals surface area contributed by atoms with Gasteiger partial charge in [-0.25, -0.2) is 0 Å². The summed E-state index contributed by atoms with van der Waals surface area (Å²) in [5.41, 5.74) is 0. The summed E-state index contributed by atoms with van der Waals surface area (Å²) in [7, 11) is 0. The lowest BCUT2D eigenvalue weighted by molar-refractivity contribution is -0.137. The molecule has 0 spiro atoms. The molecule has 0 aromatic heterocycles. The van der Waals surface area contributed by atoms with Crippen LogP contribution in [0.2, 0.25) is 0 Å². The second kappa shape index (κ2) is 16.5. The quantitative estimate of drug-likeness (QED) is 0.337. The fraction of sp³-hybridized carbons (Fsp3) is 0.944. The zero-order valence-corrected chi connectivity index (χ0v) is 13.0. The van der Waals surface area contributed by atoms with Crippen LogP contribution in [0.25, 0.3) is 0 Å². The molecule has 0 amide bonds. The summed E-state index contributed by atoms with van der Waals surface area (Å²) in [6.07, 6.45) is 12.4. The minimum atomic E-state index is -2.51. The third kappa shape index (κ3) is 17.5. The topological polar surface area (TPSA) is 37.3 Å². The van der Waals surface area contributed by atoms with Crippen LogP contribution in [0.3, 0.4) is 0 Å². The van der Waals surface area contributed by atoms with Gasteiger partial charge in [0, 0.05) is 13.3 Å². The largest absolute Gasteiger partial charge is 0.481 e. The van der Waals surface area contributed by atoms with Crippen LogP contribution in [0.15, 0.2) is 0 Å². The second-order valence-electron chi connectivity index (χ2n) is 5.67. The maximum atomic E-state index is 10.4. The van der Waals surface area contributed by atoms with Crippen LogP contribution in [0.5, 0.6) is 0 Å². The molecule has 0 unspecified atom stereocenters. The molecular weight excluding hydrogens is 248 g/mol. The number of hydrogen-bond donors (Lipinski definition) is 1. The fourth-order valence-electron chi connectivity index (χ4n) is 2.43. The van der Waals surface area contributed by atoms with Crippen molar-refractivity contribution in [1.29, 1.82) is 0 Å². The standard InChI is InChI=1S/C18H36O2/c1-2-3-4-5-6-7-8-9-10-11-12-13-14-15-16-17-18(19)20/h2-17H2,1H3,(H,19,20)/i1D3,2D2. The normalized spacial score (nSPS) is 15.9. The number of unbranched alkanes of at least 4 members (excludes halogenated alkanes) is 12. The Morgan fingerprint density at radius 3 is 1.45 bits per heavy atom. The summed E-state index contributed by atoms with van der Waals surface area (Å²) in [5, 5.41) is 8.53. The van der Waals surface area contributed by atoms with Gasteiger partial charge in [0.1, 0.15) is 0 Å². The van der Waals surface area contributed by atoms with Gasteiger partial charge in [0.2, 0.25) is 0 Å². The van der Waals surface area contributed by atoms with E-state index in [1.807, 2.05) is 0 Å². The average molecular weight is 290 g/mol. The second-order valence-corrected chi connectivity index (χ2v) is 5.67. The molecule has 0 saturated carbocycles. The van der Waals surface area contributed by atoms with Crippen molar-refractivity contribution < 1.29 is 16.8 Å². The lowest BCUT2D eigenvalue weighted by Crippen LogP contribution is -1.93. The molecule has 0 atom stereocenters. The van der Waals surface area contributed by atoms with Gasteiger partial charge < -0.3 is 5.11 Å². The molecular formula is C18H36O2. The van der Waals surface area contributed by atoms with Crippen LogP contribution in [-0.2, 0) is 4.79 Å². The van der Waals surface area contributed by atoms with Crippen LogP contribution < -0.4 is 0 Å². The van der Waals surface area contributed by atoms with Gasteiger partial charge in [-0.3, -0.25) is 4.79 Å². The zero-order valence-electron chi connectivity index (χ0n) is 18.0. The summed E-state index contributed by atoms with van der Waals surface area (Å²) >= 11 is 0. The summed E-state index contributed by atoms with van der Waals surface area (Å²) in [6.45, 7) is -2.51. The predicted molar refractivity (Wildman–Crippen MR) is 87.2 cm³/mol. The molecule has 0 aromatic carbocycles. The third-order valence-electron chi connectivity index (χ3n) is 3.69. The minimum absolute atomic E-state index is 0.121. The van der Waals surface area contributed by atoms with Crippen LogP contribution in [0.1, 0.15) is 116 Å². The number of rotatable bonds is 16. The Labute approximate surface area is 133 Å². The molecule has 0 fully saturated rings. The molecule has 0 heterocycles. The highest BCUT2D eigenvalue weighted by molar-refractivity contribution is 5.66. The van der Waals surface area contributed by atoms with Crippen LogP contribution in [0.4, 0.5) is 0 Å². The van der Waals surface area contributed by atoms with E-state index in [4.69, 9.17) is 12.0 Å². The lowest BCUT2D eigenvalue weighted by atomic mass is 10.0. The van der Waals surface area contributed by atoms with E-state index in [-0.39, 0.29) is 6.42 Å². The van der Waals surface area contributed by atoms with Gasteiger partial charge >= 0.3 is 5.97 Å². The average Bonchev–Trinajstić information content (AvgIpc) is 2.49. The Bertz CT molecular complexity index is 343. The molecule has 0 aliphatic heterocycles. The Morgan fingerprint density at radius 1 is 0.750 bits per heavy atom. The maximum absolute atomic E-state index is 10.4.